The van der Waals surface area contributed by atoms with E-state index in [-0.39, 0.29) is 23.6 Å². The van der Waals surface area contributed by atoms with E-state index in [9.17, 15) is 9.59 Å². The zero-order valence-electron chi connectivity index (χ0n) is 9.87. The first-order chi connectivity index (χ1) is 8.04. The molecule has 0 unspecified atom stereocenters. The highest BCUT2D eigenvalue weighted by Crippen LogP contribution is 2.32. The lowest BCUT2D eigenvalue weighted by Gasteiger charge is -2.20. The Morgan fingerprint density at radius 3 is 2.76 bits per heavy atom. The molecule has 1 amide bonds. The van der Waals surface area contributed by atoms with E-state index in [1.807, 2.05) is 19.1 Å². The maximum absolute atomic E-state index is 11.5. The van der Waals surface area contributed by atoms with Crippen LogP contribution in [-0.2, 0) is 11.2 Å². The molecule has 0 aromatic heterocycles. The van der Waals surface area contributed by atoms with Gasteiger partial charge in [-0.15, -0.1) is 11.6 Å². The second kappa shape index (κ2) is 4.49. The van der Waals surface area contributed by atoms with E-state index >= 15 is 0 Å². The van der Waals surface area contributed by atoms with Crippen molar-refractivity contribution >= 4 is 29.0 Å². The molecule has 0 spiro atoms. The Morgan fingerprint density at radius 1 is 1.47 bits per heavy atom. The van der Waals surface area contributed by atoms with Gasteiger partial charge in [0.2, 0.25) is 5.91 Å². The Balaban J connectivity index is 2.41. The SMILES string of the molecule is CC(=O)N1c2ccc(C(=O)CCl)cc2C[C@@H]1C. The van der Waals surface area contributed by atoms with Gasteiger partial charge in [-0.25, -0.2) is 0 Å². The van der Waals surface area contributed by atoms with Crippen LogP contribution >= 0.6 is 11.6 Å². The summed E-state index contributed by atoms with van der Waals surface area (Å²) in [7, 11) is 0. The first kappa shape index (κ1) is 12.1. The molecule has 0 saturated carbocycles. The number of carbonyl (C=O) groups is 2. The van der Waals surface area contributed by atoms with Gasteiger partial charge in [0.25, 0.3) is 0 Å². The van der Waals surface area contributed by atoms with Gasteiger partial charge in [-0.1, -0.05) is 0 Å². The number of nitrogens with zero attached hydrogens (tertiary/aromatic N) is 1. The van der Waals surface area contributed by atoms with E-state index in [1.165, 1.54) is 0 Å². The third-order valence-electron chi connectivity index (χ3n) is 3.08. The van der Waals surface area contributed by atoms with Crippen molar-refractivity contribution in [1.82, 2.24) is 0 Å². The summed E-state index contributed by atoms with van der Waals surface area (Å²) in [6.07, 6.45) is 0.790. The van der Waals surface area contributed by atoms with E-state index in [0.29, 0.717) is 5.56 Å². The molecule has 0 bridgehead atoms. The zero-order chi connectivity index (χ0) is 12.6. The topological polar surface area (TPSA) is 37.4 Å². The normalized spacial score (nSPS) is 18.1. The van der Waals surface area contributed by atoms with E-state index in [0.717, 1.165) is 17.7 Å². The monoisotopic (exact) mass is 251 g/mol. The number of amides is 1. The van der Waals surface area contributed by atoms with Crippen LogP contribution in [0, 0.1) is 0 Å². The fourth-order valence-corrected chi connectivity index (χ4v) is 2.52. The van der Waals surface area contributed by atoms with Gasteiger partial charge in [0.05, 0.1) is 5.88 Å². The van der Waals surface area contributed by atoms with Crippen molar-refractivity contribution in [3.63, 3.8) is 0 Å². The summed E-state index contributed by atoms with van der Waals surface area (Å²) < 4.78 is 0. The van der Waals surface area contributed by atoms with Gasteiger partial charge in [-0.3, -0.25) is 9.59 Å². The maximum atomic E-state index is 11.5. The molecule has 1 aromatic rings. The van der Waals surface area contributed by atoms with Gasteiger partial charge in [0.15, 0.2) is 5.78 Å². The largest absolute Gasteiger partial charge is 0.309 e. The van der Waals surface area contributed by atoms with Crippen LogP contribution in [0.25, 0.3) is 0 Å². The number of halogens is 1. The predicted molar refractivity (Wildman–Crippen MR) is 67.8 cm³/mol. The first-order valence-electron chi connectivity index (χ1n) is 5.56. The van der Waals surface area contributed by atoms with Gasteiger partial charge >= 0.3 is 0 Å². The Labute approximate surface area is 105 Å². The fourth-order valence-electron chi connectivity index (χ4n) is 2.36. The number of fused-ring (bicyclic) bond motifs is 1. The number of benzene rings is 1. The van der Waals surface area contributed by atoms with E-state index in [4.69, 9.17) is 11.6 Å². The molecule has 3 nitrogen and oxygen atoms in total. The van der Waals surface area contributed by atoms with Crippen molar-refractivity contribution in [2.24, 2.45) is 0 Å². The number of anilines is 1. The minimum absolute atomic E-state index is 0.00916. The van der Waals surface area contributed by atoms with Crippen LogP contribution in [0.1, 0.15) is 29.8 Å². The lowest BCUT2D eigenvalue weighted by Crippen LogP contribution is -2.33. The standard InChI is InChI=1S/C13H14ClNO2/c1-8-5-11-6-10(13(17)7-14)3-4-12(11)15(8)9(2)16/h3-4,6,8H,5,7H2,1-2H3/t8-/m0/s1. The van der Waals surface area contributed by atoms with Crippen molar-refractivity contribution in [3.8, 4) is 0 Å². The van der Waals surface area contributed by atoms with Crippen LogP contribution in [0.2, 0.25) is 0 Å². The molecule has 17 heavy (non-hydrogen) atoms. The summed E-state index contributed by atoms with van der Waals surface area (Å²) in [4.78, 5) is 24.8. The van der Waals surface area contributed by atoms with E-state index < -0.39 is 0 Å². The molecule has 1 aliphatic rings. The number of hydrogen-bond donors (Lipinski definition) is 0. The van der Waals surface area contributed by atoms with E-state index in [2.05, 4.69) is 0 Å². The molecular weight excluding hydrogens is 238 g/mol. The lowest BCUT2D eigenvalue weighted by molar-refractivity contribution is -0.116. The van der Waals surface area contributed by atoms with Crippen molar-refractivity contribution in [2.75, 3.05) is 10.8 Å². The molecule has 1 aliphatic heterocycles. The number of hydrogen-bond acceptors (Lipinski definition) is 2. The summed E-state index contributed by atoms with van der Waals surface area (Å²) in [6.45, 7) is 3.56. The first-order valence-corrected chi connectivity index (χ1v) is 6.10. The van der Waals surface area contributed by atoms with Crippen molar-refractivity contribution in [2.45, 2.75) is 26.3 Å². The highest BCUT2D eigenvalue weighted by molar-refractivity contribution is 6.30. The van der Waals surface area contributed by atoms with Crippen LogP contribution in [0.4, 0.5) is 5.69 Å². The van der Waals surface area contributed by atoms with Crippen LogP contribution in [0.15, 0.2) is 18.2 Å². The highest BCUT2D eigenvalue weighted by Gasteiger charge is 2.29. The number of Topliss-reactive ketones (excluding diaryl/α,β-unsaturated/α-hetero) is 1. The van der Waals surface area contributed by atoms with Gasteiger partial charge in [0.1, 0.15) is 0 Å². The molecule has 1 atom stereocenters. The Kier molecular flexibility index (Phi) is 3.20. The second-order valence-electron chi connectivity index (χ2n) is 4.34. The number of carbonyl (C=O) groups excluding carboxylic acids is 2. The Bertz CT molecular complexity index is 484. The smallest absolute Gasteiger partial charge is 0.224 e. The molecule has 0 aliphatic carbocycles. The molecule has 0 N–H and O–H groups in total. The minimum atomic E-state index is -0.0802. The average molecular weight is 252 g/mol. The van der Waals surface area contributed by atoms with Crippen molar-refractivity contribution < 1.29 is 9.59 Å². The Hall–Kier alpha value is -1.35. The third kappa shape index (κ3) is 2.07. The molecule has 0 fully saturated rings. The summed E-state index contributed by atoms with van der Waals surface area (Å²) in [5, 5.41) is 0. The number of ketones is 1. The average Bonchev–Trinajstić information content (AvgIpc) is 2.62. The second-order valence-corrected chi connectivity index (χ2v) is 4.61. The quantitative estimate of drug-likeness (QED) is 0.598. The highest BCUT2D eigenvalue weighted by atomic mass is 35.5. The van der Waals surface area contributed by atoms with Gasteiger partial charge in [-0.2, -0.15) is 0 Å². The summed E-state index contributed by atoms with van der Waals surface area (Å²) in [5.74, 6) is -0.0545. The van der Waals surface area contributed by atoms with Crippen molar-refractivity contribution in [1.29, 1.82) is 0 Å². The molecule has 90 valence electrons. The molecule has 0 radical (unpaired) electrons. The van der Waals surface area contributed by atoms with Gasteiger partial charge < -0.3 is 4.90 Å². The minimum Gasteiger partial charge on any atom is -0.309 e. The lowest BCUT2D eigenvalue weighted by atomic mass is 10.0. The van der Waals surface area contributed by atoms with Crippen LogP contribution in [-0.4, -0.2) is 23.6 Å². The van der Waals surface area contributed by atoms with Gasteiger partial charge in [0, 0.05) is 24.2 Å². The number of alkyl halides is 1. The molecule has 2 rings (SSSR count). The third-order valence-corrected chi connectivity index (χ3v) is 3.32. The molecule has 1 aromatic carbocycles. The van der Waals surface area contributed by atoms with Crippen LogP contribution in [0.3, 0.4) is 0 Å². The fraction of sp³-hybridized carbons (Fsp3) is 0.385. The molecule has 0 saturated heterocycles. The van der Waals surface area contributed by atoms with Crippen LogP contribution in [0.5, 0.6) is 0 Å². The zero-order valence-corrected chi connectivity index (χ0v) is 10.6. The Morgan fingerprint density at radius 2 is 2.18 bits per heavy atom. The van der Waals surface area contributed by atoms with E-state index in [1.54, 1.807) is 17.9 Å². The molecule has 1 heterocycles. The predicted octanol–water partition coefficient (Wildman–Crippen LogP) is 2.41. The van der Waals surface area contributed by atoms with Crippen molar-refractivity contribution in [3.05, 3.63) is 29.3 Å². The van der Waals surface area contributed by atoms with Gasteiger partial charge in [-0.05, 0) is 37.1 Å². The number of rotatable bonds is 2. The summed E-state index contributed by atoms with van der Waals surface area (Å²) in [5.41, 5.74) is 2.58. The maximum Gasteiger partial charge on any atom is 0.224 e. The molecule has 4 heteroatoms. The van der Waals surface area contributed by atoms with Crippen LogP contribution < -0.4 is 4.90 Å². The molecular formula is C13H14ClNO2. The summed E-state index contributed by atoms with van der Waals surface area (Å²) in [6, 6.07) is 5.57. The summed E-state index contributed by atoms with van der Waals surface area (Å²) >= 11 is 5.53.